The molecule has 1 aromatic heterocycles. The van der Waals surface area contributed by atoms with E-state index >= 15 is 0 Å². The van der Waals surface area contributed by atoms with Crippen LogP contribution in [0.25, 0.3) is 10.9 Å². The van der Waals surface area contributed by atoms with Gasteiger partial charge in [0.1, 0.15) is 0 Å². The largest absolute Gasteiger partial charge is 0.394 e. The number of pyridine rings is 1. The molecule has 4 heteroatoms. The topological polar surface area (TPSA) is 62.2 Å². The maximum atomic E-state index is 12.0. The van der Waals surface area contributed by atoms with Crippen molar-refractivity contribution in [1.29, 1.82) is 0 Å². The van der Waals surface area contributed by atoms with E-state index in [1.54, 1.807) is 6.20 Å². The highest BCUT2D eigenvalue weighted by molar-refractivity contribution is 5.97. The maximum Gasteiger partial charge on any atom is 0.253 e. The number of aliphatic hydroxyl groups is 1. The van der Waals surface area contributed by atoms with Crippen LogP contribution in [0.5, 0.6) is 0 Å². The van der Waals surface area contributed by atoms with Crippen LogP contribution in [-0.2, 0) is 0 Å². The average molecular weight is 244 g/mol. The summed E-state index contributed by atoms with van der Waals surface area (Å²) in [6.45, 7) is 1.86. The molecule has 0 saturated carbocycles. The molecule has 18 heavy (non-hydrogen) atoms. The van der Waals surface area contributed by atoms with Crippen LogP contribution in [0.2, 0.25) is 0 Å². The minimum absolute atomic E-state index is 0.0523. The Morgan fingerprint density at radius 1 is 1.44 bits per heavy atom. The standard InChI is InChI=1S/C14H16N2O2/c1-2-12(9-17)16-14(18)11-7-10-5-3-4-6-13(10)15-8-11/h3-8,12,17H,2,9H2,1H3,(H,16,18)/t12-/m1/s1. The van der Waals surface area contributed by atoms with Crippen molar-refractivity contribution in [2.24, 2.45) is 0 Å². The van der Waals surface area contributed by atoms with Gasteiger partial charge in [0.05, 0.1) is 23.7 Å². The summed E-state index contributed by atoms with van der Waals surface area (Å²) < 4.78 is 0. The van der Waals surface area contributed by atoms with E-state index in [-0.39, 0.29) is 18.6 Å². The summed E-state index contributed by atoms with van der Waals surface area (Å²) in [7, 11) is 0. The third kappa shape index (κ3) is 2.65. The Balaban J connectivity index is 2.22. The fraction of sp³-hybridized carbons (Fsp3) is 0.286. The second kappa shape index (κ2) is 5.60. The molecule has 1 heterocycles. The SMILES string of the molecule is CC[C@H](CO)NC(=O)c1cnc2ccccc2c1. The minimum atomic E-state index is -0.205. The molecule has 4 nitrogen and oxygen atoms in total. The summed E-state index contributed by atoms with van der Waals surface area (Å²) in [5.74, 6) is -0.200. The van der Waals surface area contributed by atoms with Crippen molar-refractivity contribution < 1.29 is 9.90 Å². The highest BCUT2D eigenvalue weighted by atomic mass is 16.3. The number of aromatic nitrogens is 1. The van der Waals surface area contributed by atoms with Crippen LogP contribution in [0.4, 0.5) is 0 Å². The third-order valence-corrected chi connectivity index (χ3v) is 2.90. The molecule has 0 aliphatic rings. The van der Waals surface area contributed by atoms with E-state index in [4.69, 9.17) is 5.11 Å². The fourth-order valence-corrected chi connectivity index (χ4v) is 1.74. The normalized spacial score (nSPS) is 12.3. The molecule has 0 radical (unpaired) electrons. The molecule has 0 bridgehead atoms. The predicted molar refractivity (Wildman–Crippen MR) is 70.4 cm³/mol. The maximum absolute atomic E-state index is 12.0. The summed E-state index contributed by atoms with van der Waals surface area (Å²) in [5.41, 5.74) is 1.38. The number of aliphatic hydroxyl groups excluding tert-OH is 1. The molecule has 0 aliphatic heterocycles. The van der Waals surface area contributed by atoms with Crippen LogP contribution in [0.15, 0.2) is 36.5 Å². The summed E-state index contributed by atoms with van der Waals surface area (Å²) >= 11 is 0. The third-order valence-electron chi connectivity index (χ3n) is 2.90. The van der Waals surface area contributed by atoms with Gasteiger partial charge in [0.15, 0.2) is 0 Å². The molecular weight excluding hydrogens is 228 g/mol. The molecule has 1 amide bonds. The van der Waals surface area contributed by atoms with Gasteiger partial charge in [0.25, 0.3) is 5.91 Å². The van der Waals surface area contributed by atoms with E-state index in [0.717, 1.165) is 10.9 Å². The summed E-state index contributed by atoms with van der Waals surface area (Å²) in [5, 5.41) is 12.8. The van der Waals surface area contributed by atoms with Crippen molar-refractivity contribution >= 4 is 16.8 Å². The minimum Gasteiger partial charge on any atom is -0.394 e. The lowest BCUT2D eigenvalue weighted by Gasteiger charge is -2.13. The van der Waals surface area contributed by atoms with Gasteiger partial charge < -0.3 is 10.4 Å². The Bertz CT molecular complexity index is 550. The molecule has 0 saturated heterocycles. The number of hydrogen-bond donors (Lipinski definition) is 2. The molecule has 2 rings (SSSR count). The van der Waals surface area contributed by atoms with Crippen molar-refractivity contribution in [2.75, 3.05) is 6.61 Å². The smallest absolute Gasteiger partial charge is 0.253 e. The summed E-state index contributed by atoms with van der Waals surface area (Å²) in [6.07, 6.45) is 2.25. The molecule has 0 unspecified atom stereocenters. The molecule has 1 atom stereocenters. The monoisotopic (exact) mass is 244 g/mol. The summed E-state index contributed by atoms with van der Waals surface area (Å²) in [6, 6.07) is 9.25. The fourth-order valence-electron chi connectivity index (χ4n) is 1.74. The molecule has 1 aromatic carbocycles. The van der Waals surface area contributed by atoms with Gasteiger partial charge in [0, 0.05) is 11.6 Å². The van der Waals surface area contributed by atoms with E-state index in [0.29, 0.717) is 12.0 Å². The highest BCUT2D eigenvalue weighted by Gasteiger charge is 2.11. The Kier molecular flexibility index (Phi) is 3.89. The molecule has 2 aromatic rings. The predicted octanol–water partition coefficient (Wildman–Crippen LogP) is 1.74. The number of amides is 1. The van der Waals surface area contributed by atoms with Gasteiger partial charge in [0.2, 0.25) is 0 Å². The van der Waals surface area contributed by atoms with Crippen LogP contribution in [0, 0.1) is 0 Å². The van der Waals surface area contributed by atoms with Crippen molar-refractivity contribution in [1.82, 2.24) is 10.3 Å². The number of carbonyl (C=O) groups excluding carboxylic acids is 1. The zero-order valence-electron chi connectivity index (χ0n) is 10.3. The average Bonchev–Trinajstić information content (AvgIpc) is 2.44. The van der Waals surface area contributed by atoms with E-state index in [2.05, 4.69) is 10.3 Å². The zero-order chi connectivity index (χ0) is 13.0. The number of carbonyl (C=O) groups is 1. The van der Waals surface area contributed by atoms with Crippen molar-refractivity contribution in [2.45, 2.75) is 19.4 Å². The molecular formula is C14H16N2O2. The number of para-hydroxylation sites is 1. The first-order chi connectivity index (χ1) is 8.74. The molecule has 0 spiro atoms. The lowest BCUT2D eigenvalue weighted by Crippen LogP contribution is -2.36. The number of hydrogen-bond acceptors (Lipinski definition) is 3. The number of benzene rings is 1. The highest BCUT2D eigenvalue weighted by Crippen LogP contribution is 2.12. The summed E-state index contributed by atoms with van der Waals surface area (Å²) in [4.78, 5) is 16.2. The van der Waals surface area contributed by atoms with Gasteiger partial charge in [-0.05, 0) is 18.6 Å². The van der Waals surface area contributed by atoms with E-state index < -0.39 is 0 Å². The van der Waals surface area contributed by atoms with E-state index in [9.17, 15) is 4.79 Å². The Morgan fingerprint density at radius 3 is 2.94 bits per heavy atom. The van der Waals surface area contributed by atoms with Gasteiger partial charge in [-0.3, -0.25) is 9.78 Å². The van der Waals surface area contributed by atoms with Gasteiger partial charge in [-0.2, -0.15) is 0 Å². The number of fused-ring (bicyclic) bond motifs is 1. The van der Waals surface area contributed by atoms with E-state index in [1.165, 1.54) is 0 Å². The van der Waals surface area contributed by atoms with Gasteiger partial charge >= 0.3 is 0 Å². The van der Waals surface area contributed by atoms with Crippen LogP contribution in [-0.4, -0.2) is 28.6 Å². The second-order valence-electron chi connectivity index (χ2n) is 4.18. The van der Waals surface area contributed by atoms with Crippen LogP contribution in [0.1, 0.15) is 23.7 Å². The number of nitrogens with one attached hydrogen (secondary N) is 1. The first-order valence-corrected chi connectivity index (χ1v) is 6.01. The van der Waals surface area contributed by atoms with Gasteiger partial charge in [-0.25, -0.2) is 0 Å². The number of rotatable bonds is 4. The Labute approximate surface area is 106 Å². The molecule has 0 aliphatic carbocycles. The first kappa shape index (κ1) is 12.5. The van der Waals surface area contributed by atoms with Crippen LogP contribution < -0.4 is 5.32 Å². The van der Waals surface area contributed by atoms with Crippen molar-refractivity contribution in [3.63, 3.8) is 0 Å². The zero-order valence-corrected chi connectivity index (χ0v) is 10.3. The van der Waals surface area contributed by atoms with Gasteiger partial charge in [-0.1, -0.05) is 25.1 Å². The van der Waals surface area contributed by atoms with Crippen molar-refractivity contribution in [3.8, 4) is 0 Å². The molecule has 94 valence electrons. The lowest BCUT2D eigenvalue weighted by atomic mass is 10.1. The quantitative estimate of drug-likeness (QED) is 0.861. The van der Waals surface area contributed by atoms with E-state index in [1.807, 2.05) is 37.3 Å². The number of nitrogens with zero attached hydrogens (tertiary/aromatic N) is 1. The molecule has 2 N–H and O–H groups in total. The Morgan fingerprint density at radius 2 is 2.22 bits per heavy atom. The molecule has 0 fully saturated rings. The van der Waals surface area contributed by atoms with Crippen molar-refractivity contribution in [3.05, 3.63) is 42.1 Å². The second-order valence-corrected chi connectivity index (χ2v) is 4.18. The lowest BCUT2D eigenvalue weighted by molar-refractivity contribution is 0.0915. The van der Waals surface area contributed by atoms with Crippen LogP contribution in [0.3, 0.4) is 0 Å². The Hall–Kier alpha value is -1.94. The van der Waals surface area contributed by atoms with Gasteiger partial charge in [-0.15, -0.1) is 0 Å². The van der Waals surface area contributed by atoms with Crippen LogP contribution >= 0.6 is 0 Å². The first-order valence-electron chi connectivity index (χ1n) is 6.01.